The van der Waals surface area contributed by atoms with E-state index in [1.165, 1.54) is 23.1 Å². The lowest BCUT2D eigenvalue weighted by Crippen LogP contribution is -2.35. The normalized spacial score (nSPS) is 18.1. The Morgan fingerprint density at radius 3 is 2.53 bits per heavy atom. The number of aromatic carboxylic acids is 1. The van der Waals surface area contributed by atoms with E-state index in [-0.39, 0.29) is 35.6 Å². The van der Waals surface area contributed by atoms with E-state index in [2.05, 4.69) is 0 Å². The van der Waals surface area contributed by atoms with Crippen molar-refractivity contribution in [3.05, 3.63) is 47.5 Å². The van der Waals surface area contributed by atoms with Gasteiger partial charge in [0.25, 0.3) is 11.8 Å². The van der Waals surface area contributed by atoms with Crippen LogP contribution in [-0.4, -0.2) is 66.2 Å². The number of carboxylic acids is 1. The predicted octanol–water partition coefficient (Wildman–Crippen LogP) is 2.21. The highest BCUT2D eigenvalue weighted by Gasteiger charge is 2.31. The summed E-state index contributed by atoms with van der Waals surface area (Å²) in [5, 5.41) is 9.42. The standard InChI is InChI=1S/C21H20N2O7/c1-22-6-5-17(20(22)25)30-15-8-12(21(26)27)7-14(9-15)29-13-3-4-16-18(10-13)28-11-23(2)19(16)24/h3-4,7-10,17H,5-6,11H2,1-2H3,(H,26,27)/t17-/m0/s1. The van der Waals surface area contributed by atoms with Gasteiger partial charge in [0.05, 0.1) is 11.1 Å². The van der Waals surface area contributed by atoms with Crippen LogP contribution in [0.3, 0.4) is 0 Å². The zero-order valence-corrected chi connectivity index (χ0v) is 16.5. The van der Waals surface area contributed by atoms with Crippen molar-refractivity contribution >= 4 is 17.8 Å². The third-order valence-corrected chi connectivity index (χ3v) is 4.96. The number of amides is 2. The lowest BCUT2D eigenvalue weighted by molar-refractivity contribution is -0.132. The van der Waals surface area contributed by atoms with E-state index in [1.807, 2.05) is 0 Å². The summed E-state index contributed by atoms with van der Waals surface area (Å²) in [7, 11) is 3.33. The van der Waals surface area contributed by atoms with Crippen molar-refractivity contribution in [2.75, 3.05) is 27.4 Å². The van der Waals surface area contributed by atoms with Crippen molar-refractivity contribution in [1.29, 1.82) is 0 Å². The Balaban J connectivity index is 1.59. The highest BCUT2D eigenvalue weighted by molar-refractivity contribution is 5.97. The molecule has 2 aromatic carbocycles. The fourth-order valence-electron chi connectivity index (χ4n) is 3.32. The van der Waals surface area contributed by atoms with Crippen molar-refractivity contribution < 1.29 is 33.7 Å². The van der Waals surface area contributed by atoms with Gasteiger partial charge in [-0.2, -0.15) is 0 Å². The molecule has 4 rings (SSSR count). The van der Waals surface area contributed by atoms with Gasteiger partial charge in [0.1, 0.15) is 23.0 Å². The fraction of sp³-hybridized carbons (Fsp3) is 0.286. The molecule has 0 spiro atoms. The van der Waals surface area contributed by atoms with Crippen molar-refractivity contribution in [3.63, 3.8) is 0 Å². The van der Waals surface area contributed by atoms with Gasteiger partial charge < -0.3 is 29.1 Å². The first-order valence-electron chi connectivity index (χ1n) is 9.32. The minimum atomic E-state index is -1.15. The van der Waals surface area contributed by atoms with Gasteiger partial charge in [0.15, 0.2) is 12.8 Å². The van der Waals surface area contributed by atoms with Gasteiger partial charge in [-0.05, 0) is 24.3 Å². The highest BCUT2D eigenvalue weighted by atomic mass is 16.5. The van der Waals surface area contributed by atoms with E-state index in [0.717, 1.165) is 0 Å². The quantitative estimate of drug-likeness (QED) is 0.803. The van der Waals surface area contributed by atoms with Crippen LogP contribution in [0.15, 0.2) is 36.4 Å². The number of hydrogen-bond acceptors (Lipinski definition) is 6. The summed E-state index contributed by atoms with van der Waals surface area (Å²) in [5.41, 5.74) is 0.385. The Labute approximate surface area is 172 Å². The molecule has 1 atom stereocenters. The van der Waals surface area contributed by atoms with Gasteiger partial charge in [-0.15, -0.1) is 0 Å². The van der Waals surface area contributed by atoms with Gasteiger partial charge in [-0.25, -0.2) is 4.79 Å². The second-order valence-electron chi connectivity index (χ2n) is 7.19. The molecule has 0 bridgehead atoms. The molecule has 1 saturated heterocycles. The molecule has 9 nitrogen and oxygen atoms in total. The molecular weight excluding hydrogens is 392 g/mol. The summed E-state index contributed by atoms with van der Waals surface area (Å²) in [4.78, 5) is 38.8. The predicted molar refractivity (Wildman–Crippen MR) is 104 cm³/mol. The lowest BCUT2D eigenvalue weighted by atomic mass is 10.1. The number of likely N-dealkylation sites (tertiary alicyclic amines) is 1. The summed E-state index contributed by atoms with van der Waals surface area (Å²) in [5.74, 6) is -0.246. The molecule has 0 aromatic heterocycles. The SMILES string of the molecule is CN1COc2cc(Oc3cc(O[C@H]4CCN(C)C4=O)cc(C(=O)O)c3)ccc2C1=O. The molecule has 0 aliphatic carbocycles. The second kappa shape index (κ2) is 7.58. The van der Waals surface area contributed by atoms with Gasteiger partial charge in [0.2, 0.25) is 0 Å². The number of likely N-dealkylation sites (N-methyl/N-ethyl adjacent to an activating group) is 1. The average Bonchev–Trinajstić information content (AvgIpc) is 3.03. The molecule has 2 heterocycles. The number of rotatable bonds is 5. The first-order valence-corrected chi connectivity index (χ1v) is 9.32. The summed E-state index contributed by atoms with van der Waals surface area (Å²) < 4.78 is 17.1. The largest absolute Gasteiger partial charge is 0.480 e. The Bertz CT molecular complexity index is 1040. The van der Waals surface area contributed by atoms with Crippen LogP contribution >= 0.6 is 0 Å². The summed E-state index contributed by atoms with van der Waals surface area (Å²) in [6.07, 6.45) is -0.139. The molecule has 156 valence electrons. The molecule has 30 heavy (non-hydrogen) atoms. The zero-order valence-electron chi connectivity index (χ0n) is 16.5. The molecule has 1 fully saturated rings. The van der Waals surface area contributed by atoms with Crippen molar-refractivity contribution in [1.82, 2.24) is 9.80 Å². The lowest BCUT2D eigenvalue weighted by Gasteiger charge is -2.25. The number of carboxylic acid groups (broad SMARTS) is 1. The van der Waals surface area contributed by atoms with Crippen LogP contribution in [0.4, 0.5) is 0 Å². The molecule has 0 unspecified atom stereocenters. The number of benzene rings is 2. The van der Waals surface area contributed by atoms with Crippen molar-refractivity contribution in [2.24, 2.45) is 0 Å². The maximum Gasteiger partial charge on any atom is 0.335 e. The van der Waals surface area contributed by atoms with Gasteiger partial charge >= 0.3 is 5.97 Å². The molecule has 0 radical (unpaired) electrons. The van der Waals surface area contributed by atoms with E-state index in [1.54, 1.807) is 37.2 Å². The number of nitrogens with zero attached hydrogens (tertiary/aromatic N) is 2. The average molecular weight is 412 g/mol. The second-order valence-corrected chi connectivity index (χ2v) is 7.19. The number of carbonyl (C=O) groups excluding carboxylic acids is 2. The van der Waals surface area contributed by atoms with Crippen LogP contribution in [0, 0.1) is 0 Å². The Morgan fingerprint density at radius 2 is 1.83 bits per heavy atom. The van der Waals surface area contributed by atoms with Gasteiger partial charge in [-0.1, -0.05) is 0 Å². The summed E-state index contributed by atoms with van der Waals surface area (Å²) in [6, 6.07) is 9.00. The van der Waals surface area contributed by atoms with Crippen molar-refractivity contribution in [2.45, 2.75) is 12.5 Å². The molecule has 2 aromatic rings. The number of fused-ring (bicyclic) bond motifs is 1. The topological polar surface area (TPSA) is 106 Å². The zero-order chi connectivity index (χ0) is 21.4. The van der Waals surface area contributed by atoms with E-state index >= 15 is 0 Å². The van der Waals surface area contributed by atoms with E-state index in [4.69, 9.17) is 14.2 Å². The fourth-order valence-corrected chi connectivity index (χ4v) is 3.32. The Kier molecular flexibility index (Phi) is 4.94. The van der Waals surface area contributed by atoms with Crippen LogP contribution in [0.1, 0.15) is 27.1 Å². The number of hydrogen-bond donors (Lipinski definition) is 1. The van der Waals surface area contributed by atoms with Gasteiger partial charge in [0, 0.05) is 39.2 Å². The first kappa shape index (κ1) is 19.6. The minimum Gasteiger partial charge on any atom is -0.480 e. The molecule has 2 aliphatic heterocycles. The third kappa shape index (κ3) is 3.73. The maximum absolute atomic E-state index is 12.2. The highest BCUT2D eigenvalue weighted by Crippen LogP contribution is 2.33. The third-order valence-electron chi connectivity index (χ3n) is 4.96. The van der Waals surface area contributed by atoms with E-state index in [0.29, 0.717) is 30.0 Å². The van der Waals surface area contributed by atoms with Crippen LogP contribution < -0.4 is 14.2 Å². The summed E-state index contributed by atoms with van der Waals surface area (Å²) >= 11 is 0. The Morgan fingerprint density at radius 1 is 1.07 bits per heavy atom. The molecule has 0 saturated carbocycles. The summed E-state index contributed by atoms with van der Waals surface area (Å²) in [6.45, 7) is 0.708. The molecule has 1 N–H and O–H groups in total. The molecule has 9 heteroatoms. The van der Waals surface area contributed by atoms with E-state index in [9.17, 15) is 19.5 Å². The first-order chi connectivity index (χ1) is 14.3. The van der Waals surface area contributed by atoms with Gasteiger partial charge in [-0.3, -0.25) is 9.59 Å². The van der Waals surface area contributed by atoms with E-state index < -0.39 is 12.1 Å². The monoisotopic (exact) mass is 412 g/mol. The van der Waals surface area contributed by atoms with Crippen LogP contribution in [0.2, 0.25) is 0 Å². The molecule has 2 amide bonds. The molecule has 2 aliphatic rings. The number of ether oxygens (including phenoxy) is 3. The van der Waals surface area contributed by atoms with Crippen LogP contribution in [0.25, 0.3) is 0 Å². The minimum absolute atomic E-state index is 0.0349. The number of carbonyl (C=O) groups is 3. The molecular formula is C21H20N2O7. The van der Waals surface area contributed by atoms with Crippen molar-refractivity contribution in [3.8, 4) is 23.0 Å². The smallest absolute Gasteiger partial charge is 0.335 e. The Hall–Kier alpha value is -3.75. The van der Waals surface area contributed by atoms with Crippen LogP contribution in [-0.2, 0) is 4.79 Å². The van der Waals surface area contributed by atoms with Crippen LogP contribution in [0.5, 0.6) is 23.0 Å². The maximum atomic E-state index is 12.2.